The lowest BCUT2D eigenvalue weighted by molar-refractivity contribution is 0.627. The number of pyridine rings is 1. The first-order valence-electron chi connectivity index (χ1n) is 7.24. The molecular formula is C15H23N5. The fraction of sp³-hybridized carbons (Fsp3) is 0.467. The number of rotatable bonds is 7. The number of aryl methyl sites for hydroxylation is 1. The molecule has 0 saturated heterocycles. The van der Waals surface area contributed by atoms with E-state index in [1.54, 1.807) is 0 Å². The Bertz CT molecular complexity index is 513. The zero-order valence-electron chi connectivity index (χ0n) is 12.5. The topological polar surface area (TPSA) is 46.0 Å². The van der Waals surface area contributed by atoms with Gasteiger partial charge in [0, 0.05) is 25.8 Å². The molecule has 108 valence electrons. The predicted molar refractivity (Wildman–Crippen MR) is 83.0 cm³/mol. The number of aromatic nitrogens is 3. The molecule has 0 aromatic carbocycles. The standard InChI is InChI=1S/C15H23N5/c1-4-19(5-2)15-8-7-13(11-17-15)16-12-14-9-10-18-20(14)6-3/h7-11,16H,4-6,12H2,1-3H3. The van der Waals surface area contributed by atoms with Crippen LogP contribution >= 0.6 is 0 Å². The van der Waals surface area contributed by atoms with Crippen molar-refractivity contribution in [1.82, 2.24) is 14.8 Å². The summed E-state index contributed by atoms with van der Waals surface area (Å²) in [4.78, 5) is 6.74. The van der Waals surface area contributed by atoms with Crippen molar-refractivity contribution < 1.29 is 0 Å². The van der Waals surface area contributed by atoms with Gasteiger partial charge in [-0.3, -0.25) is 4.68 Å². The smallest absolute Gasteiger partial charge is 0.128 e. The highest BCUT2D eigenvalue weighted by Gasteiger charge is 2.04. The molecule has 0 radical (unpaired) electrons. The van der Waals surface area contributed by atoms with E-state index in [0.717, 1.165) is 37.7 Å². The number of hydrogen-bond acceptors (Lipinski definition) is 4. The molecule has 1 N–H and O–H groups in total. The van der Waals surface area contributed by atoms with Crippen molar-refractivity contribution in [2.45, 2.75) is 33.9 Å². The Labute approximate surface area is 120 Å². The summed E-state index contributed by atoms with van der Waals surface area (Å²) in [6.45, 7) is 9.99. The average Bonchev–Trinajstić information content (AvgIpc) is 2.95. The van der Waals surface area contributed by atoms with Gasteiger partial charge >= 0.3 is 0 Å². The lowest BCUT2D eigenvalue weighted by Crippen LogP contribution is -2.22. The van der Waals surface area contributed by atoms with Crippen molar-refractivity contribution in [3.8, 4) is 0 Å². The molecule has 20 heavy (non-hydrogen) atoms. The van der Waals surface area contributed by atoms with Gasteiger partial charge in [-0.25, -0.2) is 4.98 Å². The second kappa shape index (κ2) is 6.93. The molecule has 5 heteroatoms. The zero-order valence-corrected chi connectivity index (χ0v) is 12.5. The van der Waals surface area contributed by atoms with Gasteiger partial charge in [-0.05, 0) is 39.0 Å². The fourth-order valence-electron chi connectivity index (χ4n) is 2.21. The number of hydrogen-bond donors (Lipinski definition) is 1. The molecule has 2 aromatic heterocycles. The maximum Gasteiger partial charge on any atom is 0.128 e. The number of nitrogens with zero attached hydrogens (tertiary/aromatic N) is 4. The quantitative estimate of drug-likeness (QED) is 0.842. The van der Waals surface area contributed by atoms with Crippen LogP contribution in [0.25, 0.3) is 0 Å². The molecule has 0 atom stereocenters. The van der Waals surface area contributed by atoms with Crippen LogP contribution in [0.15, 0.2) is 30.6 Å². The summed E-state index contributed by atoms with van der Waals surface area (Å²) in [6, 6.07) is 6.17. The third-order valence-corrected chi connectivity index (χ3v) is 3.41. The summed E-state index contributed by atoms with van der Waals surface area (Å²) in [5.41, 5.74) is 2.21. The minimum atomic E-state index is 0.764. The van der Waals surface area contributed by atoms with Gasteiger partial charge in [-0.2, -0.15) is 5.10 Å². The molecule has 0 bridgehead atoms. The van der Waals surface area contributed by atoms with Crippen LogP contribution in [0, 0.1) is 0 Å². The van der Waals surface area contributed by atoms with Gasteiger partial charge in [0.05, 0.1) is 24.1 Å². The SMILES string of the molecule is CCN(CC)c1ccc(NCc2ccnn2CC)cn1. The van der Waals surface area contributed by atoms with Crippen LogP contribution < -0.4 is 10.2 Å². The molecular weight excluding hydrogens is 250 g/mol. The second-order valence-electron chi connectivity index (χ2n) is 4.57. The highest BCUT2D eigenvalue weighted by molar-refractivity contribution is 5.48. The van der Waals surface area contributed by atoms with Crippen LogP contribution in [0.4, 0.5) is 11.5 Å². The van der Waals surface area contributed by atoms with Crippen molar-refractivity contribution >= 4 is 11.5 Å². The van der Waals surface area contributed by atoms with Crippen molar-refractivity contribution in [3.63, 3.8) is 0 Å². The summed E-state index contributed by atoms with van der Waals surface area (Å²) in [5.74, 6) is 1.03. The molecule has 0 aliphatic carbocycles. The second-order valence-corrected chi connectivity index (χ2v) is 4.57. The normalized spacial score (nSPS) is 10.6. The molecule has 2 aromatic rings. The summed E-state index contributed by atoms with van der Waals surface area (Å²) < 4.78 is 1.99. The number of nitrogens with one attached hydrogen (secondary N) is 1. The average molecular weight is 273 g/mol. The summed E-state index contributed by atoms with van der Waals surface area (Å²) in [5, 5.41) is 7.64. The van der Waals surface area contributed by atoms with Gasteiger partial charge < -0.3 is 10.2 Å². The van der Waals surface area contributed by atoms with E-state index in [0.29, 0.717) is 0 Å². The van der Waals surface area contributed by atoms with Gasteiger partial charge in [-0.15, -0.1) is 0 Å². The molecule has 0 saturated carbocycles. The van der Waals surface area contributed by atoms with Crippen molar-refractivity contribution in [1.29, 1.82) is 0 Å². The van der Waals surface area contributed by atoms with Crippen LogP contribution in [-0.4, -0.2) is 27.9 Å². The molecule has 0 fully saturated rings. The summed E-state index contributed by atoms with van der Waals surface area (Å²) in [6.07, 6.45) is 3.72. The van der Waals surface area contributed by atoms with Gasteiger partial charge in [0.15, 0.2) is 0 Å². The first kappa shape index (κ1) is 14.4. The minimum Gasteiger partial charge on any atom is -0.378 e. The largest absolute Gasteiger partial charge is 0.378 e. The molecule has 0 amide bonds. The highest BCUT2D eigenvalue weighted by Crippen LogP contribution is 2.14. The Morgan fingerprint density at radius 2 is 1.95 bits per heavy atom. The van der Waals surface area contributed by atoms with Gasteiger partial charge in [0.2, 0.25) is 0 Å². The maximum absolute atomic E-state index is 4.50. The lowest BCUT2D eigenvalue weighted by atomic mass is 10.3. The highest BCUT2D eigenvalue weighted by atomic mass is 15.3. The maximum atomic E-state index is 4.50. The first-order valence-corrected chi connectivity index (χ1v) is 7.24. The zero-order chi connectivity index (χ0) is 14.4. The van der Waals surface area contributed by atoms with E-state index in [4.69, 9.17) is 0 Å². The van der Waals surface area contributed by atoms with E-state index in [-0.39, 0.29) is 0 Å². The van der Waals surface area contributed by atoms with Crippen LogP contribution in [-0.2, 0) is 13.1 Å². The van der Waals surface area contributed by atoms with E-state index < -0.39 is 0 Å². The Morgan fingerprint density at radius 1 is 1.15 bits per heavy atom. The van der Waals surface area contributed by atoms with E-state index in [9.17, 15) is 0 Å². The van der Waals surface area contributed by atoms with Crippen LogP contribution in [0.1, 0.15) is 26.5 Å². The van der Waals surface area contributed by atoms with E-state index in [2.05, 4.69) is 53.2 Å². The third-order valence-electron chi connectivity index (χ3n) is 3.41. The molecule has 5 nitrogen and oxygen atoms in total. The van der Waals surface area contributed by atoms with Gasteiger partial charge in [-0.1, -0.05) is 0 Å². The Hall–Kier alpha value is -2.04. The third kappa shape index (κ3) is 3.29. The minimum absolute atomic E-state index is 0.764. The summed E-state index contributed by atoms with van der Waals surface area (Å²) in [7, 11) is 0. The molecule has 0 unspecified atom stereocenters. The summed E-state index contributed by atoms with van der Waals surface area (Å²) >= 11 is 0. The monoisotopic (exact) mass is 273 g/mol. The Balaban J connectivity index is 1.97. The Morgan fingerprint density at radius 3 is 2.55 bits per heavy atom. The van der Waals surface area contributed by atoms with E-state index in [1.165, 1.54) is 5.69 Å². The fourth-order valence-corrected chi connectivity index (χ4v) is 2.21. The molecule has 0 spiro atoms. The predicted octanol–water partition coefficient (Wildman–Crippen LogP) is 2.76. The first-order chi connectivity index (χ1) is 9.78. The molecule has 0 aliphatic rings. The van der Waals surface area contributed by atoms with Crippen LogP contribution in [0.3, 0.4) is 0 Å². The number of anilines is 2. The van der Waals surface area contributed by atoms with Crippen LogP contribution in [0.2, 0.25) is 0 Å². The van der Waals surface area contributed by atoms with Gasteiger partial charge in [0.25, 0.3) is 0 Å². The van der Waals surface area contributed by atoms with Crippen LogP contribution in [0.5, 0.6) is 0 Å². The molecule has 2 heterocycles. The Kier molecular flexibility index (Phi) is 4.98. The van der Waals surface area contributed by atoms with Crippen molar-refractivity contribution in [2.24, 2.45) is 0 Å². The lowest BCUT2D eigenvalue weighted by Gasteiger charge is -2.19. The molecule has 2 rings (SSSR count). The molecule has 0 aliphatic heterocycles. The van der Waals surface area contributed by atoms with Gasteiger partial charge in [0.1, 0.15) is 5.82 Å². The van der Waals surface area contributed by atoms with E-state index in [1.807, 2.05) is 23.1 Å². The van der Waals surface area contributed by atoms with E-state index >= 15 is 0 Å². The van der Waals surface area contributed by atoms with Crippen molar-refractivity contribution in [2.75, 3.05) is 23.3 Å². The van der Waals surface area contributed by atoms with Crippen molar-refractivity contribution in [3.05, 3.63) is 36.3 Å².